The fraction of sp³-hybridized carbons (Fsp3) is 0.158. The Labute approximate surface area is 189 Å². The van der Waals surface area contributed by atoms with Gasteiger partial charge in [-0.25, -0.2) is 0 Å². The number of thioether (sulfide) groups is 1. The van der Waals surface area contributed by atoms with E-state index >= 15 is 0 Å². The van der Waals surface area contributed by atoms with E-state index in [0.29, 0.717) is 32.2 Å². The Morgan fingerprint density at radius 2 is 1.93 bits per heavy atom. The van der Waals surface area contributed by atoms with Gasteiger partial charge < -0.3 is 14.8 Å². The van der Waals surface area contributed by atoms with Gasteiger partial charge in [0, 0.05) is 16.1 Å². The standard InChI is InChI=1S/C19H17BrN4O4S2/c1-27-13-6-7-15(28-2)14(9-13)21-16(25)10-29-19-24-23-18(30-19)22-17(26)11-4-3-5-12(20)8-11/h3-9H,10H2,1-2H3,(H,21,25)(H,22,23,26). The Balaban J connectivity index is 1.55. The minimum atomic E-state index is -0.285. The molecule has 3 rings (SSSR count). The van der Waals surface area contributed by atoms with Gasteiger partial charge in [0.1, 0.15) is 11.5 Å². The van der Waals surface area contributed by atoms with Crippen molar-refractivity contribution in [2.75, 3.05) is 30.6 Å². The second-order valence-corrected chi connectivity index (χ2v) is 8.86. The van der Waals surface area contributed by atoms with Crippen LogP contribution in [-0.4, -0.2) is 42.0 Å². The summed E-state index contributed by atoms with van der Waals surface area (Å²) in [5, 5.41) is 13.8. The summed E-state index contributed by atoms with van der Waals surface area (Å²) in [6, 6.07) is 12.2. The van der Waals surface area contributed by atoms with Crippen molar-refractivity contribution in [1.29, 1.82) is 0 Å². The van der Waals surface area contributed by atoms with Crippen molar-refractivity contribution in [3.63, 3.8) is 0 Å². The van der Waals surface area contributed by atoms with Gasteiger partial charge >= 0.3 is 0 Å². The molecule has 1 heterocycles. The summed E-state index contributed by atoms with van der Waals surface area (Å²) in [4.78, 5) is 24.6. The third-order valence-electron chi connectivity index (χ3n) is 3.72. The molecule has 30 heavy (non-hydrogen) atoms. The molecule has 0 unspecified atom stereocenters. The monoisotopic (exact) mass is 508 g/mol. The van der Waals surface area contributed by atoms with Gasteiger partial charge in [-0.1, -0.05) is 45.1 Å². The number of aromatic nitrogens is 2. The van der Waals surface area contributed by atoms with Crippen LogP contribution < -0.4 is 20.1 Å². The van der Waals surface area contributed by atoms with Crippen molar-refractivity contribution in [3.05, 3.63) is 52.5 Å². The third-order valence-corrected chi connectivity index (χ3v) is 6.19. The second-order valence-electron chi connectivity index (χ2n) is 5.74. The third kappa shape index (κ3) is 5.94. The van der Waals surface area contributed by atoms with E-state index in [2.05, 4.69) is 36.8 Å². The Morgan fingerprint density at radius 1 is 1.10 bits per heavy atom. The minimum absolute atomic E-state index is 0.120. The van der Waals surface area contributed by atoms with Crippen LogP contribution in [0, 0.1) is 0 Å². The van der Waals surface area contributed by atoms with Crippen LogP contribution in [0.3, 0.4) is 0 Å². The topological polar surface area (TPSA) is 102 Å². The van der Waals surface area contributed by atoms with Crippen LogP contribution in [0.25, 0.3) is 0 Å². The molecule has 156 valence electrons. The summed E-state index contributed by atoms with van der Waals surface area (Å²) in [7, 11) is 3.07. The fourth-order valence-corrected chi connectivity index (χ4v) is 4.29. The Kier molecular flexibility index (Phi) is 7.66. The fourth-order valence-electron chi connectivity index (χ4n) is 2.34. The molecular formula is C19H17BrN4O4S2. The Hall–Kier alpha value is -2.63. The van der Waals surface area contributed by atoms with Gasteiger partial charge in [0.05, 0.1) is 25.7 Å². The van der Waals surface area contributed by atoms with Crippen LogP contribution in [0.4, 0.5) is 10.8 Å². The number of carbonyl (C=O) groups is 2. The average molecular weight is 509 g/mol. The molecule has 0 radical (unpaired) electrons. The van der Waals surface area contributed by atoms with Gasteiger partial charge in [0.25, 0.3) is 5.91 Å². The summed E-state index contributed by atoms with van der Waals surface area (Å²) in [6.45, 7) is 0. The van der Waals surface area contributed by atoms with Crippen molar-refractivity contribution < 1.29 is 19.1 Å². The van der Waals surface area contributed by atoms with Gasteiger partial charge in [0.15, 0.2) is 4.34 Å². The van der Waals surface area contributed by atoms with E-state index in [1.807, 2.05) is 6.07 Å². The number of amides is 2. The number of hydrogen-bond acceptors (Lipinski definition) is 8. The molecule has 0 aliphatic heterocycles. The summed E-state index contributed by atoms with van der Waals surface area (Å²) in [5.41, 5.74) is 1.02. The SMILES string of the molecule is COc1ccc(OC)c(NC(=O)CSc2nnc(NC(=O)c3cccc(Br)c3)s2)c1. The molecule has 2 amide bonds. The van der Waals surface area contributed by atoms with Gasteiger partial charge in [-0.05, 0) is 30.3 Å². The first kappa shape index (κ1) is 22.1. The number of nitrogens with one attached hydrogen (secondary N) is 2. The minimum Gasteiger partial charge on any atom is -0.497 e. The molecule has 0 bridgehead atoms. The number of ether oxygens (including phenoxy) is 2. The first-order valence-corrected chi connectivity index (χ1v) is 11.1. The maximum Gasteiger partial charge on any atom is 0.257 e. The molecule has 0 fully saturated rings. The van der Waals surface area contributed by atoms with Crippen LogP contribution in [0.5, 0.6) is 11.5 Å². The molecule has 2 N–H and O–H groups in total. The number of rotatable bonds is 8. The molecular weight excluding hydrogens is 492 g/mol. The summed E-state index contributed by atoms with van der Waals surface area (Å²) >= 11 is 5.75. The molecule has 2 aromatic carbocycles. The molecule has 3 aromatic rings. The number of benzene rings is 2. The molecule has 0 atom stereocenters. The van der Waals surface area contributed by atoms with E-state index in [1.165, 1.54) is 30.2 Å². The summed E-state index contributed by atoms with van der Waals surface area (Å²) in [5.74, 6) is 0.735. The second kappa shape index (κ2) is 10.4. The highest BCUT2D eigenvalue weighted by Gasteiger charge is 2.13. The van der Waals surface area contributed by atoms with E-state index in [4.69, 9.17) is 9.47 Å². The van der Waals surface area contributed by atoms with Crippen molar-refractivity contribution in [3.8, 4) is 11.5 Å². The molecule has 0 saturated carbocycles. The Bertz CT molecular complexity index is 1060. The molecule has 1 aromatic heterocycles. The van der Waals surface area contributed by atoms with Crippen molar-refractivity contribution in [1.82, 2.24) is 10.2 Å². The van der Waals surface area contributed by atoms with E-state index < -0.39 is 0 Å². The van der Waals surface area contributed by atoms with Crippen molar-refractivity contribution in [2.45, 2.75) is 4.34 Å². The number of methoxy groups -OCH3 is 2. The van der Waals surface area contributed by atoms with Gasteiger partial charge in [-0.3, -0.25) is 14.9 Å². The van der Waals surface area contributed by atoms with Crippen molar-refractivity contribution in [2.24, 2.45) is 0 Å². The maximum atomic E-state index is 12.3. The van der Waals surface area contributed by atoms with Crippen molar-refractivity contribution >= 4 is 61.7 Å². The number of anilines is 2. The predicted molar refractivity (Wildman–Crippen MR) is 121 cm³/mol. The highest BCUT2D eigenvalue weighted by atomic mass is 79.9. The number of nitrogens with zero attached hydrogens (tertiary/aromatic N) is 2. The Morgan fingerprint density at radius 3 is 2.67 bits per heavy atom. The maximum absolute atomic E-state index is 12.3. The number of carbonyl (C=O) groups excluding carboxylic acids is 2. The number of halogens is 1. The lowest BCUT2D eigenvalue weighted by atomic mass is 10.2. The predicted octanol–water partition coefficient (Wildman–Crippen LogP) is 4.30. The van der Waals surface area contributed by atoms with Gasteiger partial charge in [-0.15, -0.1) is 10.2 Å². The molecule has 0 aliphatic rings. The van der Waals surface area contributed by atoms with E-state index in [9.17, 15) is 9.59 Å². The number of hydrogen-bond donors (Lipinski definition) is 2. The van der Waals surface area contributed by atoms with Crippen LogP contribution in [0.1, 0.15) is 10.4 Å². The van der Waals surface area contributed by atoms with Crippen LogP contribution >= 0.6 is 39.0 Å². The lowest BCUT2D eigenvalue weighted by Crippen LogP contribution is -2.14. The van der Waals surface area contributed by atoms with Crippen LogP contribution in [0.15, 0.2) is 51.3 Å². The normalized spacial score (nSPS) is 10.4. The molecule has 0 spiro atoms. The molecule has 0 aliphatic carbocycles. The first-order valence-electron chi connectivity index (χ1n) is 8.53. The van der Waals surface area contributed by atoms with E-state index in [1.54, 1.807) is 43.5 Å². The summed E-state index contributed by atoms with van der Waals surface area (Å²) < 4.78 is 11.8. The largest absolute Gasteiger partial charge is 0.497 e. The average Bonchev–Trinajstić information content (AvgIpc) is 3.19. The van der Waals surface area contributed by atoms with Crippen LogP contribution in [0.2, 0.25) is 0 Å². The highest BCUT2D eigenvalue weighted by molar-refractivity contribution is 9.10. The van der Waals surface area contributed by atoms with Crippen LogP contribution in [-0.2, 0) is 4.79 Å². The summed E-state index contributed by atoms with van der Waals surface area (Å²) in [6.07, 6.45) is 0. The smallest absolute Gasteiger partial charge is 0.257 e. The zero-order valence-electron chi connectivity index (χ0n) is 16.0. The van der Waals surface area contributed by atoms with Gasteiger partial charge in [0.2, 0.25) is 11.0 Å². The van der Waals surface area contributed by atoms with E-state index in [-0.39, 0.29) is 17.6 Å². The lowest BCUT2D eigenvalue weighted by molar-refractivity contribution is -0.113. The zero-order valence-corrected chi connectivity index (χ0v) is 19.2. The molecule has 8 nitrogen and oxygen atoms in total. The highest BCUT2D eigenvalue weighted by Crippen LogP contribution is 2.30. The quantitative estimate of drug-likeness (QED) is 0.345. The molecule has 11 heteroatoms. The van der Waals surface area contributed by atoms with Gasteiger partial charge in [-0.2, -0.15) is 0 Å². The van der Waals surface area contributed by atoms with E-state index in [0.717, 1.165) is 4.47 Å². The zero-order chi connectivity index (χ0) is 21.5. The first-order chi connectivity index (χ1) is 14.5. The lowest BCUT2D eigenvalue weighted by Gasteiger charge is -2.11. The molecule has 0 saturated heterocycles.